The number of rotatable bonds is 5. The summed E-state index contributed by atoms with van der Waals surface area (Å²) in [7, 11) is 1.71. The molecule has 0 saturated carbocycles. The average Bonchev–Trinajstić information content (AvgIpc) is 2.55. The quantitative estimate of drug-likeness (QED) is 0.904. The van der Waals surface area contributed by atoms with Crippen LogP contribution in [-0.4, -0.2) is 44.8 Å². The van der Waals surface area contributed by atoms with E-state index in [1.165, 1.54) is 37.9 Å². The highest BCUT2D eigenvalue weighted by atomic mass is 16.5. The molecule has 2 aliphatic rings. The monoisotopic (exact) mass is 290 g/mol. The summed E-state index contributed by atoms with van der Waals surface area (Å²) in [6.07, 6.45) is 5.14. The van der Waals surface area contributed by atoms with Gasteiger partial charge in [-0.05, 0) is 44.1 Å². The van der Waals surface area contributed by atoms with Gasteiger partial charge >= 0.3 is 0 Å². The average molecular weight is 290 g/mol. The molecule has 0 spiro atoms. The number of fused-ring (bicyclic) bond motifs is 1. The van der Waals surface area contributed by atoms with Gasteiger partial charge in [0, 0.05) is 31.1 Å². The van der Waals surface area contributed by atoms with Crippen LogP contribution >= 0.6 is 0 Å². The third kappa shape index (κ3) is 3.69. The van der Waals surface area contributed by atoms with E-state index in [4.69, 9.17) is 9.47 Å². The van der Waals surface area contributed by atoms with Crippen molar-refractivity contribution in [2.24, 2.45) is 0 Å². The van der Waals surface area contributed by atoms with Crippen molar-refractivity contribution in [2.75, 3.05) is 39.9 Å². The summed E-state index contributed by atoms with van der Waals surface area (Å²) in [5.41, 5.74) is 1.24. The van der Waals surface area contributed by atoms with Gasteiger partial charge in [-0.15, -0.1) is 0 Å². The van der Waals surface area contributed by atoms with Crippen LogP contribution in [0.2, 0.25) is 0 Å². The first-order chi connectivity index (χ1) is 10.4. The fraction of sp³-hybridized carbons (Fsp3) is 0.647. The van der Waals surface area contributed by atoms with Gasteiger partial charge < -0.3 is 19.7 Å². The van der Waals surface area contributed by atoms with Gasteiger partial charge in [-0.25, -0.2) is 0 Å². The summed E-state index contributed by atoms with van der Waals surface area (Å²) >= 11 is 0. The lowest BCUT2D eigenvalue weighted by molar-refractivity contribution is 0.215. The second-order valence-electron chi connectivity index (χ2n) is 5.95. The van der Waals surface area contributed by atoms with E-state index in [-0.39, 0.29) is 0 Å². The molecule has 0 aromatic heterocycles. The van der Waals surface area contributed by atoms with E-state index < -0.39 is 0 Å². The third-order valence-corrected chi connectivity index (χ3v) is 4.52. The Morgan fingerprint density at radius 2 is 2.14 bits per heavy atom. The molecule has 0 radical (unpaired) electrons. The smallest absolute Gasteiger partial charge is 0.124 e. The van der Waals surface area contributed by atoms with Crippen LogP contribution < -0.4 is 14.8 Å². The number of methoxy groups -OCH3 is 1. The standard InChI is InChI=1S/C17H26N2O2/c1-20-14-5-6-17-15(13-14)16(7-12-21-17)18-8-11-19-9-3-2-4-10-19/h5-6,13,16,18H,2-4,7-12H2,1H3. The summed E-state index contributed by atoms with van der Waals surface area (Å²) < 4.78 is 11.1. The normalized spacial score (nSPS) is 22.4. The zero-order valence-electron chi connectivity index (χ0n) is 12.9. The van der Waals surface area contributed by atoms with E-state index in [1.807, 2.05) is 12.1 Å². The molecule has 1 N–H and O–H groups in total. The molecular weight excluding hydrogens is 264 g/mol. The number of nitrogens with one attached hydrogen (secondary N) is 1. The predicted octanol–water partition coefficient (Wildman–Crippen LogP) is 2.59. The molecule has 2 heterocycles. The summed E-state index contributed by atoms with van der Waals surface area (Å²) in [4.78, 5) is 2.57. The van der Waals surface area contributed by atoms with Crippen molar-refractivity contribution in [2.45, 2.75) is 31.7 Å². The minimum Gasteiger partial charge on any atom is -0.497 e. The largest absolute Gasteiger partial charge is 0.497 e. The first-order valence-electron chi connectivity index (χ1n) is 8.13. The lowest BCUT2D eigenvalue weighted by atomic mass is 10.00. The van der Waals surface area contributed by atoms with Crippen LogP contribution in [0.25, 0.3) is 0 Å². The third-order valence-electron chi connectivity index (χ3n) is 4.52. The van der Waals surface area contributed by atoms with E-state index in [1.54, 1.807) is 7.11 Å². The maximum Gasteiger partial charge on any atom is 0.124 e. The van der Waals surface area contributed by atoms with Crippen molar-refractivity contribution in [1.29, 1.82) is 0 Å². The molecule has 0 amide bonds. The van der Waals surface area contributed by atoms with E-state index in [9.17, 15) is 0 Å². The number of nitrogens with zero attached hydrogens (tertiary/aromatic N) is 1. The maximum absolute atomic E-state index is 5.74. The molecule has 1 aromatic rings. The van der Waals surface area contributed by atoms with Gasteiger partial charge in [0.1, 0.15) is 11.5 Å². The Bertz CT molecular complexity index is 458. The van der Waals surface area contributed by atoms with Crippen LogP contribution in [-0.2, 0) is 0 Å². The molecule has 2 aliphatic heterocycles. The number of hydrogen-bond acceptors (Lipinski definition) is 4. The Morgan fingerprint density at radius 3 is 2.95 bits per heavy atom. The molecule has 4 nitrogen and oxygen atoms in total. The van der Waals surface area contributed by atoms with Crippen LogP contribution in [0.3, 0.4) is 0 Å². The van der Waals surface area contributed by atoms with Gasteiger partial charge in [0.2, 0.25) is 0 Å². The van der Waals surface area contributed by atoms with Gasteiger partial charge in [-0.2, -0.15) is 0 Å². The van der Waals surface area contributed by atoms with Gasteiger partial charge in [-0.3, -0.25) is 0 Å². The molecule has 4 heteroatoms. The molecule has 0 aliphatic carbocycles. The first kappa shape index (κ1) is 14.7. The molecule has 0 bridgehead atoms. The lowest BCUT2D eigenvalue weighted by Gasteiger charge is -2.30. The molecule has 1 unspecified atom stereocenters. The van der Waals surface area contributed by atoms with E-state index in [0.29, 0.717) is 6.04 Å². The summed E-state index contributed by atoms with van der Waals surface area (Å²) in [5, 5.41) is 3.70. The Balaban J connectivity index is 1.56. The summed E-state index contributed by atoms with van der Waals surface area (Å²) in [6, 6.07) is 6.47. The lowest BCUT2D eigenvalue weighted by Crippen LogP contribution is -2.37. The Morgan fingerprint density at radius 1 is 1.29 bits per heavy atom. The molecule has 1 atom stereocenters. The van der Waals surface area contributed by atoms with Crippen LogP contribution in [0.1, 0.15) is 37.3 Å². The predicted molar refractivity (Wildman–Crippen MR) is 84.1 cm³/mol. The fourth-order valence-electron chi connectivity index (χ4n) is 3.29. The van der Waals surface area contributed by atoms with Crippen molar-refractivity contribution in [3.63, 3.8) is 0 Å². The van der Waals surface area contributed by atoms with Crippen LogP contribution in [0.5, 0.6) is 11.5 Å². The van der Waals surface area contributed by atoms with Crippen LogP contribution in [0.15, 0.2) is 18.2 Å². The van der Waals surface area contributed by atoms with Crippen molar-refractivity contribution >= 4 is 0 Å². The Labute approximate surface area is 127 Å². The molecule has 3 rings (SSSR count). The zero-order valence-corrected chi connectivity index (χ0v) is 12.9. The summed E-state index contributed by atoms with van der Waals surface area (Å²) in [6.45, 7) is 5.51. The van der Waals surface area contributed by atoms with E-state index in [0.717, 1.165) is 37.6 Å². The van der Waals surface area contributed by atoms with Crippen molar-refractivity contribution in [3.8, 4) is 11.5 Å². The first-order valence-corrected chi connectivity index (χ1v) is 8.13. The van der Waals surface area contributed by atoms with Crippen molar-refractivity contribution < 1.29 is 9.47 Å². The number of hydrogen-bond donors (Lipinski definition) is 1. The highest BCUT2D eigenvalue weighted by Crippen LogP contribution is 2.34. The minimum atomic E-state index is 0.383. The Kier molecular flexibility index (Phi) is 4.99. The van der Waals surface area contributed by atoms with Gasteiger partial charge in [0.15, 0.2) is 0 Å². The molecule has 116 valence electrons. The topological polar surface area (TPSA) is 33.7 Å². The minimum absolute atomic E-state index is 0.383. The van der Waals surface area contributed by atoms with Gasteiger partial charge in [-0.1, -0.05) is 6.42 Å². The zero-order chi connectivity index (χ0) is 14.5. The van der Waals surface area contributed by atoms with Crippen molar-refractivity contribution in [1.82, 2.24) is 10.2 Å². The van der Waals surface area contributed by atoms with Gasteiger partial charge in [0.25, 0.3) is 0 Å². The second-order valence-corrected chi connectivity index (χ2v) is 5.95. The summed E-state index contributed by atoms with van der Waals surface area (Å²) in [5.74, 6) is 1.90. The van der Waals surface area contributed by atoms with Crippen molar-refractivity contribution in [3.05, 3.63) is 23.8 Å². The number of likely N-dealkylation sites (tertiary alicyclic amines) is 1. The van der Waals surface area contributed by atoms with E-state index in [2.05, 4.69) is 16.3 Å². The Hall–Kier alpha value is -1.26. The molecular formula is C17H26N2O2. The number of benzene rings is 1. The van der Waals surface area contributed by atoms with E-state index >= 15 is 0 Å². The SMILES string of the molecule is COc1ccc2c(c1)C(NCCN1CCCCC1)CCO2. The highest BCUT2D eigenvalue weighted by Gasteiger charge is 2.22. The number of piperidine rings is 1. The number of ether oxygens (including phenoxy) is 2. The van der Waals surface area contributed by atoms with Crippen LogP contribution in [0.4, 0.5) is 0 Å². The molecule has 21 heavy (non-hydrogen) atoms. The van der Waals surface area contributed by atoms with Crippen LogP contribution in [0, 0.1) is 0 Å². The highest BCUT2D eigenvalue weighted by molar-refractivity contribution is 5.43. The maximum atomic E-state index is 5.74. The fourth-order valence-corrected chi connectivity index (χ4v) is 3.29. The second kappa shape index (κ2) is 7.14. The van der Waals surface area contributed by atoms with Gasteiger partial charge in [0.05, 0.1) is 13.7 Å². The molecule has 1 fully saturated rings. The molecule has 1 aromatic carbocycles. The molecule has 1 saturated heterocycles.